The van der Waals surface area contributed by atoms with E-state index in [0.717, 1.165) is 41.0 Å². The van der Waals surface area contributed by atoms with Gasteiger partial charge in [-0.05, 0) is 50.1 Å². The van der Waals surface area contributed by atoms with E-state index in [9.17, 15) is 30.8 Å². The Bertz CT molecular complexity index is 1350. The maximum absolute atomic E-state index is 13.3. The van der Waals surface area contributed by atoms with Crippen LogP contribution in [-0.4, -0.2) is 50.6 Å². The molecule has 4 rings (SSSR count). The molecular weight excluding hydrogens is 504 g/mol. The standard InChI is InChI=1S/C22H20F4N6O3S/c1-13-2-7-19(32(13)36(34,35)17-5-3-15(23)4-6-17)20(33)27-11-16-8-18(31-12-30-16)14-9-28-21(29-10-14)22(24,25)26/h3-6,8-10,12-13,19H,2,7,11H2,1H3,(H,27,33)/t13-,19-/m0/s1. The van der Waals surface area contributed by atoms with E-state index >= 15 is 0 Å². The molecular formula is C22H20F4N6O3S. The number of hydrogen-bond donors (Lipinski definition) is 1. The van der Waals surface area contributed by atoms with Crippen LogP contribution < -0.4 is 5.32 Å². The topological polar surface area (TPSA) is 118 Å². The minimum atomic E-state index is -4.67. The number of carbonyl (C=O) groups excluding carboxylic acids is 1. The molecule has 0 unspecified atom stereocenters. The van der Waals surface area contributed by atoms with Crippen LogP contribution in [0.25, 0.3) is 11.3 Å². The molecule has 0 aliphatic carbocycles. The van der Waals surface area contributed by atoms with Crippen LogP contribution in [0.2, 0.25) is 0 Å². The smallest absolute Gasteiger partial charge is 0.349 e. The van der Waals surface area contributed by atoms with E-state index in [1.54, 1.807) is 6.92 Å². The first-order valence-corrected chi connectivity index (χ1v) is 12.2. The van der Waals surface area contributed by atoms with E-state index in [0.29, 0.717) is 18.5 Å². The third kappa shape index (κ3) is 5.33. The van der Waals surface area contributed by atoms with Crippen molar-refractivity contribution in [1.29, 1.82) is 0 Å². The molecule has 1 fully saturated rings. The van der Waals surface area contributed by atoms with Crippen molar-refractivity contribution in [2.45, 2.75) is 49.5 Å². The first kappa shape index (κ1) is 25.6. The fourth-order valence-electron chi connectivity index (χ4n) is 3.89. The number of nitrogens with one attached hydrogen (secondary N) is 1. The number of benzene rings is 1. The molecule has 3 aromatic rings. The van der Waals surface area contributed by atoms with Crippen molar-refractivity contribution < 1.29 is 30.8 Å². The number of hydrogen-bond acceptors (Lipinski definition) is 7. The van der Waals surface area contributed by atoms with Gasteiger partial charge in [0.2, 0.25) is 21.8 Å². The first-order chi connectivity index (χ1) is 17.0. The quantitative estimate of drug-likeness (QED) is 0.493. The highest BCUT2D eigenvalue weighted by Crippen LogP contribution is 2.31. The van der Waals surface area contributed by atoms with E-state index in [1.165, 1.54) is 12.4 Å². The van der Waals surface area contributed by atoms with Crippen molar-refractivity contribution in [3.63, 3.8) is 0 Å². The molecule has 190 valence electrons. The molecule has 2 atom stereocenters. The summed E-state index contributed by atoms with van der Waals surface area (Å²) >= 11 is 0. The molecule has 2 aromatic heterocycles. The summed E-state index contributed by atoms with van der Waals surface area (Å²) in [5.41, 5.74) is 0.810. The van der Waals surface area contributed by atoms with Gasteiger partial charge in [0.1, 0.15) is 18.2 Å². The summed E-state index contributed by atoms with van der Waals surface area (Å²) in [6, 6.07) is 4.42. The third-order valence-electron chi connectivity index (χ3n) is 5.66. The first-order valence-electron chi connectivity index (χ1n) is 10.7. The lowest BCUT2D eigenvalue weighted by molar-refractivity contribution is -0.145. The highest BCUT2D eigenvalue weighted by molar-refractivity contribution is 7.89. The number of amides is 1. The highest BCUT2D eigenvalue weighted by atomic mass is 32.2. The summed E-state index contributed by atoms with van der Waals surface area (Å²) in [5, 5.41) is 2.66. The van der Waals surface area contributed by atoms with E-state index in [1.807, 2.05) is 0 Å². The van der Waals surface area contributed by atoms with E-state index in [4.69, 9.17) is 0 Å². The average molecular weight is 525 g/mol. The Labute approximate surface area is 203 Å². The summed E-state index contributed by atoms with van der Waals surface area (Å²) in [7, 11) is -4.05. The highest BCUT2D eigenvalue weighted by Gasteiger charge is 2.43. The summed E-state index contributed by atoms with van der Waals surface area (Å²) < 4.78 is 78.7. The Morgan fingerprint density at radius 3 is 2.39 bits per heavy atom. The summed E-state index contributed by atoms with van der Waals surface area (Å²) in [5.74, 6) is -2.40. The van der Waals surface area contributed by atoms with Gasteiger partial charge in [-0.1, -0.05) is 0 Å². The van der Waals surface area contributed by atoms with Crippen LogP contribution in [0.15, 0.2) is 53.9 Å². The number of rotatable bonds is 6. The van der Waals surface area contributed by atoms with Crippen molar-refractivity contribution in [3.8, 4) is 11.3 Å². The van der Waals surface area contributed by atoms with Crippen LogP contribution in [0.1, 0.15) is 31.3 Å². The predicted molar refractivity (Wildman–Crippen MR) is 118 cm³/mol. The van der Waals surface area contributed by atoms with Crippen molar-refractivity contribution in [2.24, 2.45) is 0 Å². The molecule has 0 saturated carbocycles. The van der Waals surface area contributed by atoms with Gasteiger partial charge in [0.05, 0.1) is 22.8 Å². The Balaban J connectivity index is 1.47. The van der Waals surface area contributed by atoms with Gasteiger partial charge in [-0.15, -0.1) is 0 Å². The van der Waals surface area contributed by atoms with Crippen LogP contribution in [0.5, 0.6) is 0 Å². The predicted octanol–water partition coefficient (Wildman–Crippen LogP) is 2.95. The molecule has 1 aromatic carbocycles. The van der Waals surface area contributed by atoms with Gasteiger partial charge in [-0.25, -0.2) is 32.7 Å². The number of sulfonamides is 1. The van der Waals surface area contributed by atoms with Crippen molar-refractivity contribution in [1.82, 2.24) is 29.6 Å². The van der Waals surface area contributed by atoms with Gasteiger partial charge in [-0.2, -0.15) is 17.5 Å². The van der Waals surface area contributed by atoms with Crippen LogP contribution in [-0.2, 0) is 27.5 Å². The number of halogens is 4. The van der Waals surface area contributed by atoms with Gasteiger partial charge in [0.25, 0.3) is 0 Å². The zero-order valence-corrected chi connectivity index (χ0v) is 19.6. The number of aromatic nitrogens is 4. The molecule has 36 heavy (non-hydrogen) atoms. The van der Waals surface area contributed by atoms with Crippen LogP contribution >= 0.6 is 0 Å². The number of nitrogens with zero attached hydrogens (tertiary/aromatic N) is 5. The molecule has 1 amide bonds. The monoisotopic (exact) mass is 524 g/mol. The molecule has 1 aliphatic rings. The van der Waals surface area contributed by atoms with Gasteiger partial charge >= 0.3 is 6.18 Å². The minimum Gasteiger partial charge on any atom is -0.349 e. The second-order valence-corrected chi connectivity index (χ2v) is 9.98. The maximum atomic E-state index is 13.3. The van der Waals surface area contributed by atoms with Crippen molar-refractivity contribution in [3.05, 3.63) is 66.4 Å². The van der Waals surface area contributed by atoms with Crippen molar-refractivity contribution in [2.75, 3.05) is 0 Å². The Morgan fingerprint density at radius 2 is 1.75 bits per heavy atom. The number of alkyl halides is 3. The van der Waals surface area contributed by atoms with Gasteiger partial charge in [-0.3, -0.25) is 4.79 Å². The van der Waals surface area contributed by atoms with E-state index < -0.39 is 45.8 Å². The Kier molecular flexibility index (Phi) is 7.00. The molecule has 1 aliphatic heterocycles. The molecule has 0 bridgehead atoms. The largest absolute Gasteiger partial charge is 0.451 e. The maximum Gasteiger partial charge on any atom is 0.451 e. The third-order valence-corrected chi connectivity index (χ3v) is 7.70. The van der Waals surface area contributed by atoms with E-state index in [2.05, 4.69) is 25.3 Å². The number of carbonyl (C=O) groups is 1. The molecule has 3 heterocycles. The van der Waals surface area contributed by atoms with Crippen molar-refractivity contribution >= 4 is 15.9 Å². The molecule has 1 N–H and O–H groups in total. The Hall–Kier alpha value is -3.52. The molecule has 1 saturated heterocycles. The molecule has 0 radical (unpaired) electrons. The average Bonchev–Trinajstić information content (AvgIpc) is 3.25. The fourth-order valence-corrected chi connectivity index (χ4v) is 5.73. The van der Waals surface area contributed by atoms with Gasteiger partial charge in [0.15, 0.2) is 0 Å². The van der Waals surface area contributed by atoms with E-state index in [-0.39, 0.29) is 22.7 Å². The lowest BCUT2D eigenvalue weighted by atomic mass is 10.2. The fraction of sp³-hybridized carbons (Fsp3) is 0.318. The lowest BCUT2D eigenvalue weighted by Gasteiger charge is -2.27. The SMILES string of the molecule is C[C@H]1CC[C@@H](C(=O)NCc2cc(-c3cnc(C(F)(F)F)nc3)ncn2)N1S(=O)(=O)c1ccc(F)cc1. The van der Waals surface area contributed by atoms with Crippen LogP contribution in [0, 0.1) is 5.82 Å². The normalized spacial score (nSPS) is 18.8. The van der Waals surface area contributed by atoms with Crippen LogP contribution in [0.4, 0.5) is 17.6 Å². The second kappa shape index (κ2) is 9.85. The second-order valence-electron chi connectivity index (χ2n) is 8.14. The van der Waals surface area contributed by atoms with Gasteiger partial charge < -0.3 is 5.32 Å². The summed E-state index contributed by atoms with van der Waals surface area (Å²) in [6.45, 7) is 1.61. The molecule has 14 heteroatoms. The molecule has 0 spiro atoms. The molecule has 9 nitrogen and oxygen atoms in total. The Morgan fingerprint density at radius 1 is 1.08 bits per heavy atom. The lowest BCUT2D eigenvalue weighted by Crippen LogP contribution is -2.48. The zero-order valence-electron chi connectivity index (χ0n) is 18.8. The summed E-state index contributed by atoms with van der Waals surface area (Å²) in [4.78, 5) is 27.5. The zero-order chi connectivity index (χ0) is 26.1. The van der Waals surface area contributed by atoms with Crippen LogP contribution in [0.3, 0.4) is 0 Å². The minimum absolute atomic E-state index is 0.0782. The summed E-state index contributed by atoms with van der Waals surface area (Å²) in [6.07, 6.45) is -0.764. The van der Waals surface area contributed by atoms with Gasteiger partial charge in [0, 0.05) is 24.0 Å².